The standard InChI is InChI=1S/C13H22BrNO/c1-9-6-12(9)13(16)15-8-11-5-3-2-4-10(11)7-14/h9-12H,2-8H2,1H3,(H,15,16). The summed E-state index contributed by atoms with van der Waals surface area (Å²) < 4.78 is 0. The number of amides is 1. The highest BCUT2D eigenvalue weighted by atomic mass is 79.9. The lowest BCUT2D eigenvalue weighted by Crippen LogP contribution is -2.35. The average molecular weight is 288 g/mol. The number of halogens is 1. The predicted molar refractivity (Wildman–Crippen MR) is 69.5 cm³/mol. The highest BCUT2D eigenvalue weighted by molar-refractivity contribution is 9.09. The van der Waals surface area contributed by atoms with Crippen LogP contribution in [0.5, 0.6) is 0 Å². The van der Waals surface area contributed by atoms with Crippen molar-refractivity contribution in [3.63, 3.8) is 0 Å². The van der Waals surface area contributed by atoms with Crippen LogP contribution in [-0.2, 0) is 4.79 Å². The zero-order valence-electron chi connectivity index (χ0n) is 10.0. The van der Waals surface area contributed by atoms with Crippen molar-refractivity contribution in [2.24, 2.45) is 23.7 Å². The molecule has 2 aliphatic rings. The number of rotatable bonds is 4. The van der Waals surface area contributed by atoms with E-state index < -0.39 is 0 Å². The first-order chi connectivity index (χ1) is 7.72. The molecule has 0 saturated heterocycles. The van der Waals surface area contributed by atoms with Crippen molar-refractivity contribution in [1.82, 2.24) is 5.32 Å². The molecule has 0 spiro atoms. The number of carbonyl (C=O) groups is 1. The molecule has 2 aliphatic carbocycles. The second-order valence-electron chi connectivity index (χ2n) is 5.52. The SMILES string of the molecule is CC1CC1C(=O)NCC1CCCCC1CBr. The minimum absolute atomic E-state index is 0.298. The van der Waals surface area contributed by atoms with Gasteiger partial charge in [-0.3, -0.25) is 4.79 Å². The van der Waals surface area contributed by atoms with E-state index in [-0.39, 0.29) is 0 Å². The zero-order chi connectivity index (χ0) is 11.5. The minimum atomic E-state index is 0.298. The Labute approximate surface area is 107 Å². The highest BCUT2D eigenvalue weighted by Crippen LogP contribution is 2.38. The number of alkyl halides is 1. The Bertz CT molecular complexity index is 256. The van der Waals surface area contributed by atoms with Gasteiger partial charge < -0.3 is 5.32 Å². The van der Waals surface area contributed by atoms with E-state index in [2.05, 4.69) is 28.2 Å². The van der Waals surface area contributed by atoms with E-state index in [1.54, 1.807) is 0 Å². The molecule has 2 rings (SSSR count). The quantitative estimate of drug-likeness (QED) is 0.792. The molecule has 0 bridgehead atoms. The highest BCUT2D eigenvalue weighted by Gasteiger charge is 2.39. The van der Waals surface area contributed by atoms with Crippen LogP contribution >= 0.6 is 15.9 Å². The molecule has 2 nitrogen and oxygen atoms in total. The van der Waals surface area contributed by atoms with Crippen LogP contribution in [0.3, 0.4) is 0 Å². The zero-order valence-corrected chi connectivity index (χ0v) is 11.6. The first-order valence-electron chi connectivity index (χ1n) is 6.56. The van der Waals surface area contributed by atoms with Crippen LogP contribution in [-0.4, -0.2) is 17.8 Å². The maximum Gasteiger partial charge on any atom is 0.223 e. The fourth-order valence-corrected chi connectivity index (χ4v) is 3.66. The second kappa shape index (κ2) is 5.52. The van der Waals surface area contributed by atoms with Crippen LogP contribution in [0, 0.1) is 23.7 Å². The molecule has 4 unspecified atom stereocenters. The number of hydrogen-bond acceptors (Lipinski definition) is 1. The maximum absolute atomic E-state index is 11.7. The van der Waals surface area contributed by atoms with Gasteiger partial charge in [-0.2, -0.15) is 0 Å². The lowest BCUT2D eigenvalue weighted by atomic mass is 9.80. The fraction of sp³-hybridized carbons (Fsp3) is 0.923. The van der Waals surface area contributed by atoms with Crippen LogP contribution in [0.2, 0.25) is 0 Å². The van der Waals surface area contributed by atoms with E-state index in [0.29, 0.717) is 23.7 Å². The van der Waals surface area contributed by atoms with Gasteiger partial charge in [-0.15, -0.1) is 0 Å². The largest absolute Gasteiger partial charge is 0.356 e. The summed E-state index contributed by atoms with van der Waals surface area (Å²) in [7, 11) is 0. The molecule has 0 aliphatic heterocycles. The molecule has 2 fully saturated rings. The molecule has 0 radical (unpaired) electrons. The van der Waals surface area contributed by atoms with Crippen molar-refractivity contribution in [1.29, 1.82) is 0 Å². The van der Waals surface area contributed by atoms with Gasteiger partial charge in [-0.25, -0.2) is 0 Å². The van der Waals surface area contributed by atoms with Crippen molar-refractivity contribution >= 4 is 21.8 Å². The normalized spacial score (nSPS) is 38.1. The smallest absolute Gasteiger partial charge is 0.223 e. The van der Waals surface area contributed by atoms with Gasteiger partial charge in [-0.1, -0.05) is 35.7 Å². The first kappa shape index (κ1) is 12.4. The predicted octanol–water partition coefficient (Wildman–Crippen LogP) is 2.96. The third kappa shape index (κ3) is 2.99. The van der Waals surface area contributed by atoms with Crippen molar-refractivity contribution in [2.45, 2.75) is 39.0 Å². The lowest BCUT2D eigenvalue weighted by molar-refractivity contribution is -0.122. The molecule has 1 amide bonds. The van der Waals surface area contributed by atoms with Gasteiger partial charge in [0, 0.05) is 17.8 Å². The van der Waals surface area contributed by atoms with E-state index in [4.69, 9.17) is 0 Å². The van der Waals surface area contributed by atoms with Crippen LogP contribution < -0.4 is 5.32 Å². The Morgan fingerprint density at radius 3 is 2.50 bits per heavy atom. The van der Waals surface area contributed by atoms with Gasteiger partial charge >= 0.3 is 0 Å². The number of carbonyl (C=O) groups excluding carboxylic acids is 1. The van der Waals surface area contributed by atoms with Crippen molar-refractivity contribution in [2.75, 3.05) is 11.9 Å². The van der Waals surface area contributed by atoms with E-state index >= 15 is 0 Å². The molecule has 16 heavy (non-hydrogen) atoms. The van der Waals surface area contributed by atoms with Gasteiger partial charge in [0.2, 0.25) is 5.91 Å². The average Bonchev–Trinajstić information content (AvgIpc) is 3.04. The number of nitrogens with one attached hydrogen (secondary N) is 1. The topological polar surface area (TPSA) is 29.1 Å². The summed E-state index contributed by atoms with van der Waals surface area (Å²) in [5.41, 5.74) is 0. The third-order valence-corrected chi connectivity index (χ3v) is 5.08. The third-order valence-electron chi connectivity index (χ3n) is 4.25. The second-order valence-corrected chi connectivity index (χ2v) is 6.17. The summed E-state index contributed by atoms with van der Waals surface area (Å²) in [4.78, 5) is 11.7. The van der Waals surface area contributed by atoms with Gasteiger partial charge in [-0.05, 0) is 37.0 Å². The van der Waals surface area contributed by atoms with E-state index in [1.165, 1.54) is 25.7 Å². The monoisotopic (exact) mass is 287 g/mol. The molecule has 0 aromatic rings. The minimum Gasteiger partial charge on any atom is -0.356 e. The van der Waals surface area contributed by atoms with Crippen LogP contribution in [0.25, 0.3) is 0 Å². The molecule has 1 N–H and O–H groups in total. The summed E-state index contributed by atoms with van der Waals surface area (Å²) in [6.45, 7) is 3.06. The Hall–Kier alpha value is -0.0500. The molecule has 0 aromatic carbocycles. The van der Waals surface area contributed by atoms with Gasteiger partial charge in [0.25, 0.3) is 0 Å². The summed E-state index contributed by atoms with van der Waals surface area (Å²) in [6.07, 6.45) is 6.41. The van der Waals surface area contributed by atoms with Crippen molar-refractivity contribution in [3.8, 4) is 0 Å². The Morgan fingerprint density at radius 2 is 1.94 bits per heavy atom. The van der Waals surface area contributed by atoms with Crippen molar-refractivity contribution < 1.29 is 4.79 Å². The van der Waals surface area contributed by atoms with Gasteiger partial charge in [0.05, 0.1) is 0 Å². The molecular weight excluding hydrogens is 266 g/mol. The van der Waals surface area contributed by atoms with Gasteiger partial charge in [0.1, 0.15) is 0 Å². The number of hydrogen-bond donors (Lipinski definition) is 1. The molecule has 0 heterocycles. The molecule has 0 aromatic heterocycles. The molecule has 3 heteroatoms. The maximum atomic E-state index is 11.7. The van der Waals surface area contributed by atoms with E-state index in [9.17, 15) is 4.79 Å². The molecular formula is C13H22BrNO. The summed E-state index contributed by atoms with van der Waals surface area (Å²) in [5.74, 6) is 2.72. The van der Waals surface area contributed by atoms with Crippen LogP contribution in [0.15, 0.2) is 0 Å². The Kier molecular flexibility index (Phi) is 4.28. The van der Waals surface area contributed by atoms with Crippen LogP contribution in [0.1, 0.15) is 39.0 Å². The van der Waals surface area contributed by atoms with E-state index in [1.807, 2.05) is 0 Å². The fourth-order valence-electron chi connectivity index (χ4n) is 2.81. The molecule has 2 saturated carbocycles. The summed E-state index contributed by atoms with van der Waals surface area (Å²) in [6, 6.07) is 0. The Morgan fingerprint density at radius 1 is 1.31 bits per heavy atom. The molecule has 4 atom stereocenters. The van der Waals surface area contributed by atoms with E-state index in [0.717, 1.165) is 24.2 Å². The molecule has 92 valence electrons. The lowest BCUT2D eigenvalue weighted by Gasteiger charge is -2.30. The Balaban J connectivity index is 1.73. The summed E-state index contributed by atoms with van der Waals surface area (Å²) in [5, 5.41) is 4.24. The van der Waals surface area contributed by atoms with Crippen LogP contribution in [0.4, 0.5) is 0 Å². The summed E-state index contributed by atoms with van der Waals surface area (Å²) >= 11 is 3.60. The van der Waals surface area contributed by atoms with Gasteiger partial charge in [0.15, 0.2) is 0 Å². The van der Waals surface area contributed by atoms with Crippen molar-refractivity contribution in [3.05, 3.63) is 0 Å². The first-order valence-corrected chi connectivity index (χ1v) is 7.68.